The number of likely N-dealkylation sites (N-methyl/N-ethyl adjacent to an activating group) is 1. The molecule has 0 saturated carbocycles. The molecule has 1 rings (SSSR count). The Hall–Kier alpha value is -0.650. The van der Waals surface area contributed by atoms with Gasteiger partial charge in [0.1, 0.15) is 19.2 Å². The van der Waals surface area contributed by atoms with Crippen LogP contribution in [-0.2, 0) is 9.53 Å². The number of carbonyl (C=O) groups is 1. The van der Waals surface area contributed by atoms with Gasteiger partial charge in [0.15, 0.2) is 0 Å². The van der Waals surface area contributed by atoms with Crippen LogP contribution in [0.5, 0.6) is 0 Å². The minimum absolute atomic E-state index is 0.0387. The first-order valence-corrected chi connectivity index (χ1v) is 13.2. The second-order valence-electron chi connectivity index (χ2n) is 10.6. The summed E-state index contributed by atoms with van der Waals surface area (Å²) >= 11 is 0. The quantitative estimate of drug-likeness (QED) is 0.183. The molecule has 31 heavy (non-hydrogen) atoms. The predicted molar refractivity (Wildman–Crippen MR) is 128 cm³/mol. The average Bonchev–Trinajstić information content (AvgIpc) is 2.65. The number of nitrogens with zero attached hydrogens (tertiary/aromatic N) is 1. The summed E-state index contributed by atoms with van der Waals surface area (Å²) in [4.78, 5) is 11.0. The number of carboxylic acid groups (broad SMARTS) is 1. The largest absolute Gasteiger partial charge is 0.481 e. The zero-order valence-corrected chi connectivity index (χ0v) is 20.9. The lowest BCUT2D eigenvalue weighted by atomic mass is 10.0. The molecule has 1 aliphatic rings. The fraction of sp³-hybridized carbons (Fsp3) is 0.962. The smallest absolute Gasteiger partial charge is 0.306 e. The van der Waals surface area contributed by atoms with Crippen LogP contribution in [0.25, 0.3) is 0 Å². The summed E-state index contributed by atoms with van der Waals surface area (Å²) in [5.74, 6) is -2.05. The third-order valence-electron chi connectivity index (χ3n) is 6.58. The average molecular weight is 443 g/mol. The maximum atomic E-state index is 11.0. The maximum Gasteiger partial charge on any atom is 0.306 e. The lowest BCUT2D eigenvalue weighted by Crippen LogP contribution is -2.62. The van der Waals surface area contributed by atoms with Crippen molar-refractivity contribution in [2.45, 2.75) is 134 Å². The van der Waals surface area contributed by atoms with Gasteiger partial charge in [0.25, 0.3) is 0 Å². The molecule has 184 valence electrons. The molecule has 0 spiro atoms. The van der Waals surface area contributed by atoms with Crippen LogP contribution in [0.15, 0.2) is 0 Å². The molecule has 2 atom stereocenters. The number of rotatable bonds is 19. The van der Waals surface area contributed by atoms with Crippen LogP contribution < -0.4 is 0 Å². The Balaban J connectivity index is 1.98. The number of ether oxygens (including phenoxy) is 1. The highest BCUT2D eigenvalue weighted by Crippen LogP contribution is 2.29. The van der Waals surface area contributed by atoms with Crippen LogP contribution in [0.2, 0.25) is 0 Å². The Kier molecular flexibility index (Phi) is 14.7. The van der Waals surface area contributed by atoms with Gasteiger partial charge in [0.05, 0.1) is 20.5 Å². The second kappa shape index (κ2) is 16.0. The van der Waals surface area contributed by atoms with E-state index in [2.05, 4.69) is 6.92 Å². The summed E-state index contributed by atoms with van der Waals surface area (Å²) in [6, 6.07) is 0. The zero-order valence-electron chi connectivity index (χ0n) is 20.9. The van der Waals surface area contributed by atoms with Crippen molar-refractivity contribution in [3.05, 3.63) is 0 Å². The minimum Gasteiger partial charge on any atom is -0.481 e. The minimum atomic E-state index is -1.18. The van der Waals surface area contributed by atoms with Gasteiger partial charge in [-0.05, 0) is 6.42 Å². The van der Waals surface area contributed by atoms with Crippen LogP contribution in [0.4, 0.5) is 0 Å². The molecule has 0 aromatic rings. The van der Waals surface area contributed by atoms with Crippen LogP contribution in [-0.4, -0.2) is 59.7 Å². The highest BCUT2D eigenvalue weighted by Gasteiger charge is 2.45. The standard InChI is InChI=1S/C26H51NO4/c1-4-5-6-7-8-9-10-11-12-13-14-15-16-17-18-19-20-26(30)23-27(2,3)22-24(31-26)21-25(28)29/h24,30H,4-23H2,1-3H3/p+1/t24-,26+/m1/s1. The molecule has 1 fully saturated rings. The molecule has 0 radical (unpaired) electrons. The fourth-order valence-electron chi connectivity index (χ4n) is 5.06. The van der Waals surface area contributed by atoms with Gasteiger partial charge < -0.3 is 19.4 Å². The molecule has 1 heterocycles. The van der Waals surface area contributed by atoms with Crippen LogP contribution >= 0.6 is 0 Å². The number of aliphatic carboxylic acids is 1. The molecule has 0 bridgehead atoms. The summed E-state index contributed by atoms with van der Waals surface area (Å²) in [7, 11) is 4.08. The van der Waals surface area contributed by atoms with Gasteiger partial charge in [-0.25, -0.2) is 0 Å². The molecule has 2 N–H and O–H groups in total. The van der Waals surface area contributed by atoms with Gasteiger partial charge in [-0.1, -0.05) is 103 Å². The first-order valence-electron chi connectivity index (χ1n) is 13.2. The highest BCUT2D eigenvalue weighted by molar-refractivity contribution is 5.67. The third-order valence-corrected chi connectivity index (χ3v) is 6.58. The zero-order chi connectivity index (χ0) is 23.0. The number of aliphatic hydroxyl groups is 1. The van der Waals surface area contributed by atoms with Crippen LogP contribution in [0.1, 0.15) is 122 Å². The summed E-state index contributed by atoms with van der Waals surface area (Å²) in [5.41, 5.74) is 0. The third kappa shape index (κ3) is 14.9. The van der Waals surface area contributed by atoms with E-state index in [-0.39, 0.29) is 6.42 Å². The lowest BCUT2D eigenvalue weighted by Gasteiger charge is -2.46. The molecule has 5 nitrogen and oxygen atoms in total. The molecule has 1 aliphatic heterocycles. The van der Waals surface area contributed by atoms with Gasteiger partial charge in [-0.2, -0.15) is 0 Å². The van der Waals surface area contributed by atoms with E-state index in [1.165, 1.54) is 89.9 Å². The van der Waals surface area contributed by atoms with Crippen molar-refractivity contribution in [3.8, 4) is 0 Å². The molecule has 5 heteroatoms. The van der Waals surface area contributed by atoms with Gasteiger partial charge in [-0.3, -0.25) is 4.79 Å². The van der Waals surface area contributed by atoms with E-state index in [1.54, 1.807) is 0 Å². The number of unbranched alkanes of at least 4 members (excludes halogenated alkanes) is 15. The topological polar surface area (TPSA) is 66.8 Å². The lowest BCUT2D eigenvalue weighted by molar-refractivity contribution is -0.915. The van der Waals surface area contributed by atoms with E-state index in [0.29, 0.717) is 24.0 Å². The maximum absolute atomic E-state index is 11.0. The normalized spacial score (nSPS) is 23.2. The van der Waals surface area contributed by atoms with Gasteiger partial charge >= 0.3 is 5.97 Å². The van der Waals surface area contributed by atoms with E-state index in [9.17, 15) is 9.90 Å². The van der Waals surface area contributed by atoms with Gasteiger partial charge in [0, 0.05) is 6.42 Å². The second-order valence-corrected chi connectivity index (χ2v) is 10.6. The SMILES string of the molecule is CCCCCCCCCCCCCCCCCC[C@@]1(O)C[N+](C)(C)C[C@@H](CC(=O)O)O1. The van der Waals surface area contributed by atoms with Crippen LogP contribution in [0, 0.1) is 0 Å². The van der Waals surface area contributed by atoms with Crippen molar-refractivity contribution in [3.63, 3.8) is 0 Å². The van der Waals surface area contributed by atoms with Crippen molar-refractivity contribution in [1.29, 1.82) is 0 Å². The van der Waals surface area contributed by atoms with E-state index in [4.69, 9.17) is 9.84 Å². The molecule has 0 aliphatic carbocycles. The Labute approximate surface area is 192 Å². The number of carboxylic acids is 1. The predicted octanol–water partition coefficient (Wildman–Crippen LogP) is 6.28. The molecule has 0 amide bonds. The molecular formula is C26H52NO4+. The van der Waals surface area contributed by atoms with Crippen molar-refractivity contribution < 1.29 is 24.2 Å². The first-order chi connectivity index (χ1) is 14.8. The summed E-state index contributed by atoms with van der Waals surface area (Å²) in [5, 5.41) is 19.9. The molecule has 0 aromatic heterocycles. The molecule has 1 saturated heterocycles. The fourth-order valence-corrected chi connectivity index (χ4v) is 5.06. The van der Waals surface area contributed by atoms with Gasteiger partial charge in [0.2, 0.25) is 5.79 Å². The van der Waals surface area contributed by atoms with Crippen molar-refractivity contribution in [2.24, 2.45) is 0 Å². The Morgan fingerprint density at radius 1 is 0.839 bits per heavy atom. The number of hydrogen-bond acceptors (Lipinski definition) is 3. The van der Waals surface area contributed by atoms with E-state index in [1.807, 2.05) is 14.1 Å². The number of hydrogen-bond donors (Lipinski definition) is 2. The number of morpholine rings is 1. The highest BCUT2D eigenvalue weighted by atomic mass is 16.6. The van der Waals surface area contributed by atoms with Crippen molar-refractivity contribution >= 4 is 5.97 Å². The Morgan fingerprint density at radius 3 is 1.68 bits per heavy atom. The first kappa shape index (κ1) is 28.4. The molecular weight excluding hydrogens is 390 g/mol. The van der Waals surface area contributed by atoms with E-state index < -0.39 is 17.9 Å². The van der Waals surface area contributed by atoms with E-state index >= 15 is 0 Å². The molecule has 0 aromatic carbocycles. The molecule has 0 unspecified atom stereocenters. The Morgan fingerprint density at radius 2 is 1.26 bits per heavy atom. The van der Waals surface area contributed by atoms with E-state index in [0.717, 1.165) is 12.8 Å². The Bertz CT molecular complexity index is 468. The monoisotopic (exact) mass is 442 g/mol. The number of quaternary nitrogens is 1. The van der Waals surface area contributed by atoms with Crippen LogP contribution in [0.3, 0.4) is 0 Å². The van der Waals surface area contributed by atoms with Gasteiger partial charge in [-0.15, -0.1) is 0 Å². The van der Waals surface area contributed by atoms with Crippen molar-refractivity contribution in [1.82, 2.24) is 0 Å². The summed E-state index contributed by atoms with van der Waals surface area (Å²) < 4.78 is 6.41. The summed E-state index contributed by atoms with van der Waals surface area (Å²) in [6.45, 7) is 3.44. The van der Waals surface area contributed by atoms with Crippen molar-refractivity contribution in [2.75, 3.05) is 27.2 Å². The summed E-state index contributed by atoms with van der Waals surface area (Å²) in [6.07, 6.45) is 21.4.